The summed E-state index contributed by atoms with van der Waals surface area (Å²) < 4.78 is 0. The Hall–Kier alpha value is -1.60. The third kappa shape index (κ3) is 3.94. The minimum Gasteiger partial charge on any atom is -0.478 e. The lowest BCUT2D eigenvalue weighted by Gasteiger charge is -2.19. The predicted molar refractivity (Wildman–Crippen MR) is 78.6 cm³/mol. The average molecular weight is 297 g/mol. The standard InChI is InChI=1S/C13H19N3O3S/c1-2-16(9-3-4-9)7-6-14-13(19)15-11-10(12(17)18)5-8-20-11/h5,8-9H,2-4,6-7H2,1H3,(H,17,18)(H2,14,15,19). The molecule has 1 aromatic heterocycles. The van der Waals surface area contributed by atoms with Gasteiger partial charge in [-0.3, -0.25) is 10.2 Å². The van der Waals surface area contributed by atoms with Crippen molar-refractivity contribution in [3.05, 3.63) is 17.0 Å². The van der Waals surface area contributed by atoms with Crippen LogP contribution in [0.4, 0.5) is 9.80 Å². The van der Waals surface area contributed by atoms with E-state index in [-0.39, 0.29) is 11.6 Å². The molecule has 0 saturated heterocycles. The van der Waals surface area contributed by atoms with Gasteiger partial charge < -0.3 is 10.4 Å². The van der Waals surface area contributed by atoms with Crippen LogP contribution in [-0.2, 0) is 0 Å². The summed E-state index contributed by atoms with van der Waals surface area (Å²) >= 11 is 1.20. The monoisotopic (exact) mass is 297 g/mol. The van der Waals surface area contributed by atoms with Crippen LogP contribution in [0.3, 0.4) is 0 Å². The fraction of sp³-hybridized carbons (Fsp3) is 0.538. The van der Waals surface area contributed by atoms with Gasteiger partial charge in [-0.25, -0.2) is 9.59 Å². The zero-order chi connectivity index (χ0) is 14.5. The number of hydrogen-bond acceptors (Lipinski definition) is 4. The van der Waals surface area contributed by atoms with E-state index in [0.717, 1.165) is 13.1 Å². The summed E-state index contributed by atoms with van der Waals surface area (Å²) in [6, 6.07) is 1.80. The van der Waals surface area contributed by atoms with Gasteiger partial charge in [0.05, 0.1) is 5.56 Å². The van der Waals surface area contributed by atoms with Gasteiger partial charge in [-0.05, 0) is 30.8 Å². The quantitative estimate of drug-likeness (QED) is 0.719. The molecular weight excluding hydrogens is 278 g/mol. The minimum absolute atomic E-state index is 0.123. The molecule has 0 bridgehead atoms. The number of urea groups is 1. The zero-order valence-electron chi connectivity index (χ0n) is 11.4. The van der Waals surface area contributed by atoms with Crippen LogP contribution in [-0.4, -0.2) is 47.7 Å². The number of carboxylic acid groups (broad SMARTS) is 1. The van der Waals surface area contributed by atoms with Gasteiger partial charge in [0.1, 0.15) is 5.00 Å². The lowest BCUT2D eigenvalue weighted by molar-refractivity contribution is 0.0698. The molecule has 20 heavy (non-hydrogen) atoms. The summed E-state index contributed by atoms with van der Waals surface area (Å²) in [5.74, 6) is -1.03. The van der Waals surface area contributed by atoms with Crippen molar-refractivity contribution < 1.29 is 14.7 Å². The number of rotatable bonds is 7. The Morgan fingerprint density at radius 2 is 2.25 bits per heavy atom. The third-order valence-electron chi connectivity index (χ3n) is 3.28. The van der Waals surface area contributed by atoms with Gasteiger partial charge >= 0.3 is 12.0 Å². The van der Waals surface area contributed by atoms with Gasteiger partial charge in [-0.15, -0.1) is 11.3 Å². The minimum atomic E-state index is -1.03. The lowest BCUT2D eigenvalue weighted by Crippen LogP contribution is -2.37. The van der Waals surface area contributed by atoms with Crippen molar-refractivity contribution in [1.82, 2.24) is 10.2 Å². The Morgan fingerprint density at radius 1 is 1.50 bits per heavy atom. The Morgan fingerprint density at radius 3 is 2.85 bits per heavy atom. The molecule has 0 spiro atoms. The molecule has 1 aromatic rings. The van der Waals surface area contributed by atoms with Crippen LogP contribution < -0.4 is 10.6 Å². The van der Waals surface area contributed by atoms with Gasteiger partial charge in [0.15, 0.2) is 0 Å². The van der Waals surface area contributed by atoms with Gasteiger partial charge in [0.25, 0.3) is 0 Å². The Labute approximate surface area is 121 Å². The largest absolute Gasteiger partial charge is 0.478 e. The van der Waals surface area contributed by atoms with Crippen LogP contribution in [0.25, 0.3) is 0 Å². The summed E-state index contributed by atoms with van der Waals surface area (Å²) in [6.07, 6.45) is 2.49. The molecule has 0 unspecified atom stereocenters. The smallest absolute Gasteiger partial charge is 0.338 e. The highest BCUT2D eigenvalue weighted by Crippen LogP contribution is 2.26. The molecule has 2 amide bonds. The number of thiophene rings is 1. The second-order valence-electron chi connectivity index (χ2n) is 4.71. The number of nitrogens with one attached hydrogen (secondary N) is 2. The number of amides is 2. The fourth-order valence-electron chi connectivity index (χ4n) is 2.07. The first-order valence-electron chi connectivity index (χ1n) is 6.71. The maximum Gasteiger partial charge on any atom is 0.338 e. The van der Waals surface area contributed by atoms with E-state index in [4.69, 9.17) is 5.11 Å². The summed E-state index contributed by atoms with van der Waals surface area (Å²) in [5, 5.41) is 16.3. The number of likely N-dealkylation sites (N-methyl/N-ethyl adjacent to an activating group) is 1. The Balaban J connectivity index is 1.74. The highest BCUT2D eigenvalue weighted by atomic mass is 32.1. The molecule has 6 nitrogen and oxygen atoms in total. The van der Waals surface area contributed by atoms with Crippen LogP contribution in [0.1, 0.15) is 30.1 Å². The second-order valence-corrected chi connectivity index (χ2v) is 5.63. The Bertz CT molecular complexity index is 485. The van der Waals surface area contributed by atoms with Gasteiger partial charge in [0, 0.05) is 19.1 Å². The second kappa shape index (κ2) is 6.71. The van der Waals surface area contributed by atoms with Crippen molar-refractivity contribution in [3.8, 4) is 0 Å². The van der Waals surface area contributed by atoms with E-state index >= 15 is 0 Å². The summed E-state index contributed by atoms with van der Waals surface area (Å²) in [4.78, 5) is 25.0. The highest BCUT2D eigenvalue weighted by molar-refractivity contribution is 7.14. The molecule has 7 heteroatoms. The average Bonchev–Trinajstić information content (AvgIpc) is 3.14. The van der Waals surface area contributed by atoms with Crippen molar-refractivity contribution in [3.63, 3.8) is 0 Å². The van der Waals surface area contributed by atoms with E-state index in [1.54, 1.807) is 5.38 Å². The summed E-state index contributed by atoms with van der Waals surface area (Å²) in [5.41, 5.74) is 0.123. The maximum absolute atomic E-state index is 11.7. The van der Waals surface area contributed by atoms with E-state index in [1.807, 2.05) is 0 Å². The molecular formula is C13H19N3O3S. The van der Waals surface area contributed by atoms with Gasteiger partial charge in [-0.2, -0.15) is 0 Å². The van der Waals surface area contributed by atoms with Gasteiger partial charge in [0.2, 0.25) is 0 Å². The fourth-order valence-corrected chi connectivity index (χ4v) is 2.85. The first-order chi connectivity index (χ1) is 9.61. The van der Waals surface area contributed by atoms with Crippen LogP contribution in [0.2, 0.25) is 0 Å². The molecule has 1 fully saturated rings. The Kier molecular flexibility index (Phi) is 4.97. The number of nitrogens with zero attached hydrogens (tertiary/aromatic N) is 1. The third-order valence-corrected chi connectivity index (χ3v) is 4.11. The molecule has 0 aliphatic heterocycles. The molecule has 3 N–H and O–H groups in total. The topological polar surface area (TPSA) is 81.7 Å². The number of hydrogen-bond donors (Lipinski definition) is 3. The SMILES string of the molecule is CCN(CCNC(=O)Nc1sccc1C(=O)O)C1CC1. The van der Waals surface area contributed by atoms with Crippen LogP contribution >= 0.6 is 11.3 Å². The lowest BCUT2D eigenvalue weighted by atomic mass is 10.3. The molecule has 1 aliphatic carbocycles. The summed E-state index contributed by atoms with van der Waals surface area (Å²) in [7, 11) is 0. The molecule has 1 saturated carbocycles. The van der Waals surface area contributed by atoms with Crippen molar-refractivity contribution >= 4 is 28.3 Å². The van der Waals surface area contributed by atoms with E-state index in [9.17, 15) is 9.59 Å². The summed E-state index contributed by atoms with van der Waals surface area (Å²) in [6.45, 7) is 4.49. The van der Waals surface area contributed by atoms with Crippen molar-refractivity contribution in [1.29, 1.82) is 0 Å². The first-order valence-corrected chi connectivity index (χ1v) is 7.59. The van der Waals surface area contributed by atoms with E-state index in [2.05, 4.69) is 22.5 Å². The van der Waals surface area contributed by atoms with E-state index in [0.29, 0.717) is 17.6 Å². The van der Waals surface area contributed by atoms with Crippen LogP contribution in [0, 0.1) is 0 Å². The van der Waals surface area contributed by atoms with Crippen molar-refractivity contribution in [2.75, 3.05) is 25.0 Å². The number of carbonyl (C=O) groups excluding carboxylic acids is 1. The van der Waals surface area contributed by atoms with Crippen molar-refractivity contribution in [2.24, 2.45) is 0 Å². The molecule has 1 aliphatic rings. The molecule has 1 heterocycles. The number of aromatic carboxylic acids is 1. The number of carboxylic acids is 1. The number of carbonyl (C=O) groups is 2. The van der Waals surface area contributed by atoms with E-state index in [1.165, 1.54) is 30.2 Å². The van der Waals surface area contributed by atoms with Crippen LogP contribution in [0.5, 0.6) is 0 Å². The molecule has 2 rings (SSSR count). The van der Waals surface area contributed by atoms with Crippen molar-refractivity contribution in [2.45, 2.75) is 25.8 Å². The zero-order valence-corrected chi connectivity index (χ0v) is 12.2. The number of anilines is 1. The highest BCUT2D eigenvalue weighted by Gasteiger charge is 2.27. The molecule has 0 atom stereocenters. The normalized spacial score (nSPS) is 14.3. The first kappa shape index (κ1) is 14.8. The molecule has 0 radical (unpaired) electrons. The molecule has 110 valence electrons. The maximum atomic E-state index is 11.7. The van der Waals surface area contributed by atoms with Gasteiger partial charge in [-0.1, -0.05) is 6.92 Å². The molecule has 0 aromatic carbocycles. The van der Waals surface area contributed by atoms with Crippen LogP contribution in [0.15, 0.2) is 11.4 Å². The van der Waals surface area contributed by atoms with E-state index < -0.39 is 5.97 Å². The predicted octanol–water partition coefficient (Wildman–Crippen LogP) is 2.05.